The Hall–Kier alpha value is -2.10. The van der Waals surface area contributed by atoms with E-state index >= 15 is 0 Å². The van der Waals surface area contributed by atoms with Gasteiger partial charge in [-0.3, -0.25) is 4.79 Å². The van der Waals surface area contributed by atoms with Crippen LogP contribution in [0.15, 0.2) is 33.9 Å². The van der Waals surface area contributed by atoms with Crippen molar-refractivity contribution in [3.05, 3.63) is 40.8 Å². The Morgan fingerprint density at radius 2 is 1.96 bits per heavy atom. The summed E-state index contributed by atoms with van der Waals surface area (Å²) in [5, 5.41) is 1.72. The predicted molar refractivity (Wildman–Crippen MR) is 105 cm³/mol. The molecule has 1 aromatic heterocycles. The van der Waals surface area contributed by atoms with Gasteiger partial charge in [-0.15, -0.1) is 11.3 Å². The van der Waals surface area contributed by atoms with Crippen LogP contribution < -0.4 is 9.47 Å². The molecular formula is C19H23NO6S2. The van der Waals surface area contributed by atoms with Gasteiger partial charge < -0.3 is 14.2 Å². The highest BCUT2D eigenvalue weighted by atomic mass is 32.2. The van der Waals surface area contributed by atoms with Crippen LogP contribution in [0.1, 0.15) is 30.5 Å². The molecule has 0 spiro atoms. The van der Waals surface area contributed by atoms with Crippen molar-refractivity contribution in [1.82, 2.24) is 4.31 Å². The quantitative estimate of drug-likeness (QED) is 0.635. The Labute approximate surface area is 168 Å². The lowest BCUT2D eigenvalue weighted by Crippen LogP contribution is -2.40. The zero-order valence-corrected chi connectivity index (χ0v) is 17.6. The molecule has 1 aliphatic rings. The first kappa shape index (κ1) is 20.6. The fourth-order valence-corrected chi connectivity index (χ4v) is 6.13. The number of hydrogen-bond acceptors (Lipinski definition) is 7. The lowest BCUT2D eigenvalue weighted by molar-refractivity contribution is -0.144. The average molecular weight is 426 g/mol. The molecule has 0 radical (unpaired) electrons. The third-order valence-electron chi connectivity index (χ3n) is 4.68. The number of sulfonamides is 1. The number of carbonyl (C=O) groups excluding carboxylic acids is 1. The van der Waals surface area contributed by atoms with E-state index in [9.17, 15) is 13.2 Å². The first-order valence-electron chi connectivity index (χ1n) is 8.88. The number of esters is 1. The first-order valence-corrected chi connectivity index (χ1v) is 11.2. The largest absolute Gasteiger partial charge is 0.493 e. The minimum Gasteiger partial charge on any atom is -0.493 e. The van der Waals surface area contributed by atoms with Gasteiger partial charge in [0, 0.05) is 6.54 Å². The molecule has 28 heavy (non-hydrogen) atoms. The van der Waals surface area contributed by atoms with Crippen LogP contribution in [0.5, 0.6) is 11.5 Å². The van der Waals surface area contributed by atoms with Crippen molar-refractivity contribution in [2.45, 2.75) is 30.0 Å². The van der Waals surface area contributed by atoms with E-state index in [0.29, 0.717) is 17.9 Å². The van der Waals surface area contributed by atoms with Crippen molar-refractivity contribution in [3.63, 3.8) is 0 Å². The molecule has 0 bridgehead atoms. The number of ether oxygens (including phenoxy) is 3. The van der Waals surface area contributed by atoms with Crippen LogP contribution in [0.2, 0.25) is 0 Å². The molecular weight excluding hydrogens is 402 g/mol. The van der Waals surface area contributed by atoms with E-state index in [2.05, 4.69) is 0 Å². The third kappa shape index (κ3) is 3.87. The molecule has 0 aliphatic carbocycles. The van der Waals surface area contributed by atoms with Gasteiger partial charge >= 0.3 is 5.97 Å². The maximum Gasteiger partial charge on any atom is 0.307 e. The van der Waals surface area contributed by atoms with Crippen LogP contribution >= 0.6 is 11.3 Å². The van der Waals surface area contributed by atoms with Crippen LogP contribution in [0.4, 0.5) is 0 Å². The number of carbonyl (C=O) groups is 1. The van der Waals surface area contributed by atoms with E-state index in [0.717, 1.165) is 22.5 Å². The van der Waals surface area contributed by atoms with Gasteiger partial charge in [0.05, 0.1) is 33.3 Å². The average Bonchev–Trinajstić information content (AvgIpc) is 3.22. The number of nitrogens with zero attached hydrogens (tertiary/aromatic N) is 1. The Bertz CT molecular complexity index is 940. The minimum atomic E-state index is -3.73. The second-order valence-electron chi connectivity index (χ2n) is 6.23. The maximum absolute atomic E-state index is 13.2. The summed E-state index contributed by atoms with van der Waals surface area (Å²) >= 11 is 1.16. The lowest BCUT2D eigenvalue weighted by Gasteiger charge is -2.36. The minimum absolute atomic E-state index is 0.0685. The molecule has 0 saturated heterocycles. The molecule has 9 heteroatoms. The number of benzene rings is 1. The maximum atomic E-state index is 13.2. The smallest absolute Gasteiger partial charge is 0.307 e. The summed E-state index contributed by atoms with van der Waals surface area (Å²) in [7, 11) is -0.661. The molecule has 7 nitrogen and oxygen atoms in total. The zero-order chi connectivity index (χ0) is 20.3. The predicted octanol–water partition coefficient (Wildman–Crippen LogP) is 3.01. The summed E-state index contributed by atoms with van der Waals surface area (Å²) in [4.78, 5) is 12.3. The zero-order valence-electron chi connectivity index (χ0n) is 16.0. The van der Waals surface area contributed by atoms with Crippen molar-refractivity contribution in [2.24, 2.45) is 0 Å². The van der Waals surface area contributed by atoms with Crippen molar-refractivity contribution >= 4 is 27.3 Å². The molecule has 1 aliphatic heterocycles. The molecule has 0 unspecified atom stereocenters. The fraction of sp³-hybridized carbons (Fsp3) is 0.421. The normalized spacial score (nSPS) is 17.0. The number of thiophene rings is 1. The highest BCUT2D eigenvalue weighted by molar-refractivity contribution is 7.91. The van der Waals surface area contributed by atoms with E-state index in [1.807, 2.05) is 6.07 Å². The van der Waals surface area contributed by atoms with Gasteiger partial charge in [0.1, 0.15) is 4.21 Å². The number of fused-ring (bicyclic) bond motifs is 1. The standard InChI is InChI=1S/C19H23NO6S2/c1-4-26-18(21)12-15-14-11-17(25-3)16(24-2)10-13(14)7-8-20(15)28(22,23)19-6-5-9-27-19/h5-6,9-11,15H,4,7-8,12H2,1-3H3/t15-/m0/s1. The van der Waals surface area contributed by atoms with Crippen molar-refractivity contribution in [3.8, 4) is 11.5 Å². The molecule has 1 aromatic carbocycles. The second kappa shape index (κ2) is 8.50. The fourth-order valence-electron chi connectivity index (χ4n) is 3.41. The third-order valence-corrected chi connectivity index (χ3v) is 7.96. The SMILES string of the molecule is CCOC(=O)C[C@H]1c2cc(OC)c(OC)cc2CCN1S(=O)(=O)c1cccs1. The van der Waals surface area contributed by atoms with E-state index in [-0.39, 0.29) is 23.8 Å². The van der Waals surface area contributed by atoms with Gasteiger partial charge in [-0.25, -0.2) is 8.42 Å². The van der Waals surface area contributed by atoms with Crippen molar-refractivity contribution < 1.29 is 27.4 Å². The monoisotopic (exact) mass is 425 g/mol. The lowest BCUT2D eigenvalue weighted by atomic mass is 9.91. The molecule has 0 N–H and O–H groups in total. The van der Waals surface area contributed by atoms with Gasteiger partial charge in [0.25, 0.3) is 10.0 Å². The van der Waals surface area contributed by atoms with Gasteiger partial charge in [-0.1, -0.05) is 6.07 Å². The molecule has 2 aromatic rings. The van der Waals surface area contributed by atoms with Gasteiger partial charge in [-0.05, 0) is 48.1 Å². The molecule has 0 fully saturated rings. The first-order chi connectivity index (χ1) is 13.4. The number of methoxy groups -OCH3 is 2. The number of hydrogen-bond donors (Lipinski definition) is 0. The van der Waals surface area contributed by atoms with Crippen LogP contribution in [-0.2, 0) is 26.0 Å². The van der Waals surface area contributed by atoms with Crippen LogP contribution in [-0.4, -0.2) is 46.1 Å². The Morgan fingerprint density at radius 1 is 1.25 bits per heavy atom. The second-order valence-corrected chi connectivity index (χ2v) is 9.29. The van der Waals surface area contributed by atoms with Gasteiger partial charge in [0.15, 0.2) is 11.5 Å². The van der Waals surface area contributed by atoms with E-state index in [1.54, 1.807) is 37.6 Å². The summed E-state index contributed by atoms with van der Waals surface area (Å²) in [5.41, 5.74) is 1.67. The summed E-state index contributed by atoms with van der Waals surface area (Å²) in [6.45, 7) is 2.23. The van der Waals surface area contributed by atoms with Crippen LogP contribution in [0.3, 0.4) is 0 Å². The molecule has 2 heterocycles. The Morgan fingerprint density at radius 3 is 2.57 bits per heavy atom. The summed E-state index contributed by atoms with van der Waals surface area (Å²) in [5.74, 6) is 0.623. The van der Waals surface area contributed by atoms with E-state index < -0.39 is 22.0 Å². The Balaban J connectivity index is 2.08. The van der Waals surface area contributed by atoms with E-state index in [1.165, 1.54) is 11.4 Å². The highest BCUT2D eigenvalue weighted by Crippen LogP contribution is 2.42. The molecule has 152 valence electrons. The molecule has 3 rings (SSSR count). The summed E-state index contributed by atoms with van der Waals surface area (Å²) < 4.78 is 43.9. The van der Waals surface area contributed by atoms with Crippen molar-refractivity contribution in [1.29, 1.82) is 0 Å². The van der Waals surface area contributed by atoms with Gasteiger partial charge in [-0.2, -0.15) is 4.31 Å². The van der Waals surface area contributed by atoms with Crippen LogP contribution in [0.25, 0.3) is 0 Å². The summed E-state index contributed by atoms with van der Waals surface area (Å²) in [6.07, 6.45) is 0.445. The van der Waals surface area contributed by atoms with Crippen molar-refractivity contribution in [2.75, 3.05) is 27.4 Å². The highest BCUT2D eigenvalue weighted by Gasteiger charge is 2.39. The van der Waals surface area contributed by atoms with Gasteiger partial charge in [0.2, 0.25) is 0 Å². The molecule has 0 amide bonds. The number of rotatable bonds is 7. The van der Waals surface area contributed by atoms with Crippen LogP contribution in [0, 0.1) is 0 Å². The summed E-state index contributed by atoms with van der Waals surface area (Å²) in [6, 6.07) is 6.21. The van der Waals surface area contributed by atoms with E-state index in [4.69, 9.17) is 14.2 Å². The Kier molecular flexibility index (Phi) is 6.26. The molecule has 1 atom stereocenters. The topological polar surface area (TPSA) is 82.1 Å². The molecule has 0 saturated carbocycles.